The lowest BCUT2D eigenvalue weighted by Gasteiger charge is -2.12. The lowest BCUT2D eigenvalue weighted by Crippen LogP contribution is -2.05. The average Bonchev–Trinajstić information content (AvgIpc) is 2.52. The molecule has 0 aromatic heterocycles. The first-order chi connectivity index (χ1) is 9.83. The van der Waals surface area contributed by atoms with Crippen LogP contribution in [0.2, 0.25) is 0 Å². The van der Waals surface area contributed by atoms with E-state index in [-0.39, 0.29) is 0 Å². The van der Waals surface area contributed by atoms with E-state index >= 15 is 0 Å². The highest BCUT2D eigenvalue weighted by atomic mass is 32.2. The number of nitrogens with one attached hydrogen (secondary N) is 1. The molecule has 0 radical (unpaired) electrons. The Morgan fingerprint density at radius 2 is 1.80 bits per heavy atom. The quantitative estimate of drug-likeness (QED) is 0.618. The van der Waals surface area contributed by atoms with Gasteiger partial charge in [0.25, 0.3) is 0 Å². The second kappa shape index (κ2) is 7.70. The number of hydrogen-bond acceptors (Lipinski definition) is 4. The first kappa shape index (κ1) is 14.6. The van der Waals surface area contributed by atoms with E-state index in [9.17, 15) is 0 Å². The minimum Gasteiger partial charge on any atom is -0.497 e. The fourth-order valence-electron chi connectivity index (χ4n) is 1.82. The molecular weight excluding hydrogens is 270 g/mol. The Bertz CT molecular complexity index is 531. The van der Waals surface area contributed by atoms with Gasteiger partial charge in [-0.25, -0.2) is 0 Å². The Kier molecular flexibility index (Phi) is 5.62. The first-order valence-electron chi connectivity index (χ1n) is 6.47. The van der Waals surface area contributed by atoms with Gasteiger partial charge in [-0.1, -0.05) is 18.2 Å². The number of methoxy groups -OCH3 is 2. The zero-order valence-corrected chi connectivity index (χ0v) is 12.6. The monoisotopic (exact) mass is 289 g/mol. The highest BCUT2D eigenvalue weighted by Gasteiger charge is 2.04. The van der Waals surface area contributed by atoms with Crippen LogP contribution in [0, 0.1) is 0 Å². The van der Waals surface area contributed by atoms with E-state index in [1.807, 2.05) is 36.0 Å². The van der Waals surface area contributed by atoms with Crippen LogP contribution >= 0.6 is 11.8 Å². The third-order valence-corrected chi connectivity index (χ3v) is 3.85. The summed E-state index contributed by atoms with van der Waals surface area (Å²) >= 11 is 1.83. The van der Waals surface area contributed by atoms with Crippen molar-refractivity contribution >= 4 is 17.4 Å². The number of ether oxygens (including phenoxy) is 2. The standard InChI is InChI=1S/C16H19NO2S/c1-18-13-8-9-16(19-2)15(12-13)17-10-11-20-14-6-4-3-5-7-14/h3-9,12,17H,10-11H2,1-2H3. The van der Waals surface area contributed by atoms with Crippen molar-refractivity contribution in [2.75, 3.05) is 31.8 Å². The zero-order valence-electron chi connectivity index (χ0n) is 11.8. The number of rotatable bonds is 7. The minimum atomic E-state index is 0.823. The summed E-state index contributed by atoms with van der Waals surface area (Å²) in [5.74, 6) is 2.64. The molecule has 20 heavy (non-hydrogen) atoms. The molecule has 2 aromatic carbocycles. The number of hydrogen-bond donors (Lipinski definition) is 1. The molecule has 0 amide bonds. The predicted octanol–water partition coefficient (Wildman–Crippen LogP) is 3.91. The van der Waals surface area contributed by atoms with E-state index in [1.54, 1.807) is 14.2 Å². The molecule has 106 valence electrons. The van der Waals surface area contributed by atoms with Crippen LogP contribution in [0.15, 0.2) is 53.4 Å². The number of anilines is 1. The second-order valence-electron chi connectivity index (χ2n) is 4.15. The van der Waals surface area contributed by atoms with Crippen molar-refractivity contribution in [3.63, 3.8) is 0 Å². The molecule has 0 aliphatic carbocycles. The predicted molar refractivity (Wildman–Crippen MR) is 85.2 cm³/mol. The number of benzene rings is 2. The Morgan fingerprint density at radius 3 is 2.50 bits per heavy atom. The van der Waals surface area contributed by atoms with E-state index in [2.05, 4.69) is 29.6 Å². The van der Waals surface area contributed by atoms with E-state index in [0.29, 0.717) is 0 Å². The second-order valence-corrected chi connectivity index (χ2v) is 5.32. The first-order valence-corrected chi connectivity index (χ1v) is 7.46. The summed E-state index contributed by atoms with van der Waals surface area (Å²) in [6.45, 7) is 0.864. The molecule has 0 atom stereocenters. The van der Waals surface area contributed by atoms with Crippen molar-refractivity contribution in [2.24, 2.45) is 0 Å². The van der Waals surface area contributed by atoms with Gasteiger partial charge in [0, 0.05) is 23.3 Å². The highest BCUT2D eigenvalue weighted by Crippen LogP contribution is 2.29. The molecule has 4 heteroatoms. The van der Waals surface area contributed by atoms with Gasteiger partial charge in [-0.05, 0) is 24.3 Å². The Labute approximate surface area is 124 Å². The van der Waals surface area contributed by atoms with Crippen LogP contribution in [0.5, 0.6) is 11.5 Å². The van der Waals surface area contributed by atoms with Gasteiger partial charge < -0.3 is 14.8 Å². The normalized spacial score (nSPS) is 10.1. The summed E-state index contributed by atoms with van der Waals surface area (Å²) in [5, 5.41) is 3.38. The lowest BCUT2D eigenvalue weighted by atomic mass is 10.2. The molecule has 0 spiro atoms. The van der Waals surface area contributed by atoms with Crippen LogP contribution in [-0.2, 0) is 0 Å². The van der Waals surface area contributed by atoms with Gasteiger partial charge in [-0.3, -0.25) is 0 Å². The summed E-state index contributed by atoms with van der Waals surface area (Å²) in [5.41, 5.74) is 0.959. The Morgan fingerprint density at radius 1 is 1.00 bits per heavy atom. The van der Waals surface area contributed by atoms with Crippen LogP contribution < -0.4 is 14.8 Å². The van der Waals surface area contributed by atoms with Crippen molar-refractivity contribution in [2.45, 2.75) is 4.90 Å². The minimum absolute atomic E-state index is 0.823. The van der Waals surface area contributed by atoms with Gasteiger partial charge in [0.15, 0.2) is 0 Å². The molecule has 2 rings (SSSR count). The molecule has 0 saturated heterocycles. The van der Waals surface area contributed by atoms with Crippen LogP contribution in [0.25, 0.3) is 0 Å². The molecule has 2 aromatic rings. The van der Waals surface area contributed by atoms with Gasteiger partial charge in [-0.15, -0.1) is 11.8 Å². The van der Waals surface area contributed by atoms with Crippen molar-refractivity contribution < 1.29 is 9.47 Å². The molecule has 0 aliphatic rings. The van der Waals surface area contributed by atoms with Gasteiger partial charge in [-0.2, -0.15) is 0 Å². The summed E-state index contributed by atoms with van der Waals surface area (Å²) in [6.07, 6.45) is 0. The third kappa shape index (κ3) is 4.10. The summed E-state index contributed by atoms with van der Waals surface area (Å²) < 4.78 is 10.6. The molecule has 3 nitrogen and oxygen atoms in total. The van der Waals surface area contributed by atoms with Gasteiger partial charge in [0.05, 0.1) is 19.9 Å². The van der Waals surface area contributed by atoms with Crippen molar-refractivity contribution in [1.82, 2.24) is 0 Å². The average molecular weight is 289 g/mol. The van der Waals surface area contributed by atoms with Crippen molar-refractivity contribution in [3.05, 3.63) is 48.5 Å². The van der Waals surface area contributed by atoms with E-state index in [0.717, 1.165) is 29.5 Å². The SMILES string of the molecule is COc1ccc(OC)c(NCCSc2ccccc2)c1. The highest BCUT2D eigenvalue weighted by molar-refractivity contribution is 7.99. The lowest BCUT2D eigenvalue weighted by molar-refractivity contribution is 0.404. The van der Waals surface area contributed by atoms with Crippen LogP contribution in [-0.4, -0.2) is 26.5 Å². The maximum atomic E-state index is 5.34. The number of thioether (sulfide) groups is 1. The van der Waals surface area contributed by atoms with Crippen molar-refractivity contribution in [3.8, 4) is 11.5 Å². The molecule has 0 bridgehead atoms. The third-order valence-electron chi connectivity index (χ3n) is 2.84. The fraction of sp³-hybridized carbons (Fsp3) is 0.250. The summed E-state index contributed by atoms with van der Waals surface area (Å²) in [4.78, 5) is 1.28. The van der Waals surface area contributed by atoms with Gasteiger partial charge in [0.2, 0.25) is 0 Å². The maximum Gasteiger partial charge on any atom is 0.142 e. The largest absolute Gasteiger partial charge is 0.497 e. The smallest absolute Gasteiger partial charge is 0.142 e. The van der Waals surface area contributed by atoms with E-state index in [4.69, 9.17) is 9.47 Å². The van der Waals surface area contributed by atoms with Crippen LogP contribution in [0.4, 0.5) is 5.69 Å². The molecule has 0 aliphatic heterocycles. The van der Waals surface area contributed by atoms with Crippen LogP contribution in [0.3, 0.4) is 0 Å². The van der Waals surface area contributed by atoms with Crippen LogP contribution in [0.1, 0.15) is 0 Å². The van der Waals surface area contributed by atoms with E-state index < -0.39 is 0 Å². The topological polar surface area (TPSA) is 30.5 Å². The molecule has 0 fully saturated rings. The Hall–Kier alpha value is -1.81. The fourth-order valence-corrected chi connectivity index (χ4v) is 2.61. The van der Waals surface area contributed by atoms with Crippen molar-refractivity contribution in [1.29, 1.82) is 0 Å². The van der Waals surface area contributed by atoms with Gasteiger partial charge in [0.1, 0.15) is 11.5 Å². The summed E-state index contributed by atoms with van der Waals surface area (Å²) in [7, 11) is 3.34. The molecule has 0 unspecified atom stereocenters. The maximum absolute atomic E-state index is 5.34. The Balaban J connectivity index is 1.87. The molecule has 1 N–H and O–H groups in total. The zero-order chi connectivity index (χ0) is 14.2. The molecule has 0 heterocycles. The summed E-state index contributed by atoms with van der Waals surface area (Å²) in [6, 6.07) is 16.1. The molecular formula is C16H19NO2S. The molecule has 0 saturated carbocycles. The van der Waals surface area contributed by atoms with Gasteiger partial charge >= 0.3 is 0 Å². The van der Waals surface area contributed by atoms with E-state index in [1.165, 1.54) is 4.90 Å².